The molecule has 2 rings (SSSR count). The number of carbonyl (C=O) groups excluding carboxylic acids is 2. The quantitative estimate of drug-likeness (QED) is 0.323. The van der Waals surface area contributed by atoms with Crippen LogP contribution in [0.15, 0.2) is 22.3 Å². The molecule has 0 aliphatic carbocycles. The van der Waals surface area contributed by atoms with Gasteiger partial charge in [0.05, 0.1) is 12.1 Å². The van der Waals surface area contributed by atoms with E-state index < -0.39 is 0 Å². The van der Waals surface area contributed by atoms with Crippen molar-refractivity contribution in [1.29, 1.82) is 0 Å². The third-order valence-electron chi connectivity index (χ3n) is 2.24. The summed E-state index contributed by atoms with van der Waals surface area (Å²) in [6, 6.07) is 1.48. The number of halogens is 2. The Morgan fingerprint density at radius 2 is 1.95 bits per heavy atom. The van der Waals surface area contributed by atoms with E-state index in [9.17, 15) is 9.59 Å². The number of furan rings is 1. The van der Waals surface area contributed by atoms with Gasteiger partial charge in [-0.25, -0.2) is 0 Å². The van der Waals surface area contributed by atoms with Crippen molar-refractivity contribution in [2.24, 2.45) is 0 Å². The van der Waals surface area contributed by atoms with E-state index in [-0.39, 0.29) is 23.9 Å². The van der Waals surface area contributed by atoms with Crippen LogP contribution < -0.4 is 16.1 Å². The second-order valence-electron chi connectivity index (χ2n) is 3.60. The van der Waals surface area contributed by atoms with E-state index >= 15 is 0 Å². The Morgan fingerprint density at radius 3 is 2.15 bits per heavy atom. The number of Topliss-reactive ketones (excluding diaryl/α,β-unsaturated/α-hetero) is 1. The number of hydrogen-bond acceptors (Lipinski definition) is 4. The fraction of sp³-hybridized carbons (Fsp3) is 0.231. The van der Waals surface area contributed by atoms with Crippen molar-refractivity contribution in [2.45, 2.75) is 20.3 Å². The molecule has 2 heterocycles. The van der Waals surface area contributed by atoms with E-state index in [1.807, 2.05) is 0 Å². The number of hydrogen-bond donors (Lipinski definition) is 2. The Hall–Kier alpha value is -0.840. The summed E-state index contributed by atoms with van der Waals surface area (Å²) < 4.78 is 4.95. The predicted octanol–water partition coefficient (Wildman–Crippen LogP) is 1.95. The van der Waals surface area contributed by atoms with Gasteiger partial charge in [-0.15, -0.1) is 0 Å². The third-order valence-corrected chi connectivity index (χ3v) is 2.24. The van der Waals surface area contributed by atoms with Gasteiger partial charge in [0.15, 0.2) is 16.9 Å². The molecule has 1 amide bonds. The fourth-order valence-electron chi connectivity index (χ4n) is 1.39. The molecule has 2 N–H and O–H groups in total. The van der Waals surface area contributed by atoms with Crippen molar-refractivity contribution in [1.82, 2.24) is 5.32 Å². The van der Waals surface area contributed by atoms with E-state index in [4.69, 9.17) is 9.52 Å². The smallest absolute Gasteiger partial charge is 0.232 e. The third kappa shape index (κ3) is 6.07. The molecule has 20 heavy (non-hydrogen) atoms. The standard InChI is InChI=1S/C7H8O2.C6H7NO2.I2/c1-3-7-6(8)4-5(2)9-7;1-2-4-5(8)3-6(9)7-4;1-2/h3-4,8H,2H2,1H3;2H,3H2,1H3,(H,7,9);/b7-3-;4-2-;. The number of aromatic hydroxyl groups is 1. The van der Waals surface area contributed by atoms with Crippen LogP contribution in [0.2, 0.25) is 0 Å². The second-order valence-corrected chi connectivity index (χ2v) is 3.60. The van der Waals surface area contributed by atoms with Crippen LogP contribution in [0.25, 0.3) is 12.7 Å². The van der Waals surface area contributed by atoms with Crippen LogP contribution in [0.5, 0.6) is 5.75 Å². The number of ketones is 1. The molecular weight excluding hydrogens is 488 g/mol. The second kappa shape index (κ2) is 9.97. The summed E-state index contributed by atoms with van der Waals surface area (Å²) in [5.74, 6) is -0.155. The molecular formula is C13H15I2NO4. The van der Waals surface area contributed by atoms with Crippen molar-refractivity contribution >= 4 is 61.6 Å². The van der Waals surface area contributed by atoms with Crippen LogP contribution in [-0.4, -0.2) is 16.8 Å². The molecule has 0 radical (unpaired) electrons. The molecule has 1 fully saturated rings. The molecule has 1 aromatic rings. The van der Waals surface area contributed by atoms with Crippen LogP contribution in [0, 0.1) is 0 Å². The first-order valence-electron chi connectivity index (χ1n) is 5.55. The van der Waals surface area contributed by atoms with Crippen LogP contribution in [0.1, 0.15) is 20.3 Å². The maximum atomic E-state index is 10.7. The Labute approximate surface area is 140 Å². The molecule has 0 saturated carbocycles. The van der Waals surface area contributed by atoms with Gasteiger partial charge in [-0.3, -0.25) is 9.59 Å². The number of allylic oxidation sites excluding steroid dienone is 2. The van der Waals surface area contributed by atoms with Gasteiger partial charge in [0.2, 0.25) is 5.91 Å². The van der Waals surface area contributed by atoms with Gasteiger partial charge in [-0.05, 0) is 19.9 Å². The van der Waals surface area contributed by atoms with Crippen LogP contribution in [0.3, 0.4) is 0 Å². The first-order chi connectivity index (χ1) is 9.47. The minimum absolute atomic E-state index is 0.0136. The Kier molecular flexibility index (Phi) is 9.55. The average Bonchev–Trinajstić information content (AvgIpc) is 2.93. The molecule has 1 saturated heterocycles. The van der Waals surface area contributed by atoms with Gasteiger partial charge in [-0.1, -0.05) is 12.7 Å². The lowest BCUT2D eigenvalue weighted by atomic mass is 10.3. The van der Waals surface area contributed by atoms with Crippen LogP contribution >= 0.6 is 37.2 Å². The van der Waals surface area contributed by atoms with Gasteiger partial charge in [0, 0.05) is 43.3 Å². The van der Waals surface area contributed by atoms with Crippen molar-refractivity contribution in [3.8, 4) is 5.75 Å². The van der Waals surface area contributed by atoms with Gasteiger partial charge in [0.25, 0.3) is 0 Å². The van der Waals surface area contributed by atoms with E-state index in [0.29, 0.717) is 16.5 Å². The molecule has 5 nitrogen and oxygen atoms in total. The molecule has 110 valence electrons. The number of amides is 1. The Morgan fingerprint density at radius 1 is 1.35 bits per heavy atom. The summed E-state index contributed by atoms with van der Waals surface area (Å²) in [5.41, 5.74) is 1.40. The fourth-order valence-corrected chi connectivity index (χ4v) is 1.39. The summed E-state index contributed by atoms with van der Waals surface area (Å²) in [6.45, 7) is 7.01. The molecule has 0 unspecified atom stereocenters. The highest BCUT2D eigenvalue weighted by Gasteiger charge is 2.22. The van der Waals surface area contributed by atoms with E-state index in [1.165, 1.54) is 6.07 Å². The molecule has 1 aromatic heterocycles. The highest BCUT2D eigenvalue weighted by molar-refractivity contribution is 15.0. The largest absolute Gasteiger partial charge is 0.504 e. The van der Waals surface area contributed by atoms with Gasteiger partial charge < -0.3 is 14.8 Å². The lowest BCUT2D eigenvalue weighted by Crippen LogP contribution is -2.11. The molecule has 0 spiro atoms. The van der Waals surface area contributed by atoms with E-state index in [1.54, 1.807) is 26.0 Å². The van der Waals surface area contributed by atoms with Crippen molar-refractivity contribution < 1.29 is 19.1 Å². The van der Waals surface area contributed by atoms with Crippen molar-refractivity contribution in [3.05, 3.63) is 28.7 Å². The molecule has 7 heteroatoms. The topological polar surface area (TPSA) is 79.5 Å². The van der Waals surface area contributed by atoms with Crippen LogP contribution in [0.4, 0.5) is 0 Å². The predicted molar refractivity (Wildman–Crippen MR) is 94.8 cm³/mol. The molecule has 0 atom stereocenters. The highest BCUT2D eigenvalue weighted by atomic mass is 128. The van der Waals surface area contributed by atoms with Gasteiger partial charge in [-0.2, -0.15) is 0 Å². The number of nitrogens with one attached hydrogen (secondary N) is 1. The zero-order valence-electron chi connectivity index (χ0n) is 11.1. The van der Waals surface area contributed by atoms with E-state index in [2.05, 4.69) is 49.1 Å². The number of carbonyl (C=O) groups is 2. The average molecular weight is 503 g/mol. The summed E-state index contributed by atoms with van der Waals surface area (Å²) in [6.07, 6.45) is 3.30. The summed E-state index contributed by atoms with van der Waals surface area (Å²) in [4.78, 5) is 21.1. The summed E-state index contributed by atoms with van der Waals surface area (Å²) in [5, 5.41) is 11.4. The molecule has 0 aromatic carbocycles. The monoisotopic (exact) mass is 503 g/mol. The summed E-state index contributed by atoms with van der Waals surface area (Å²) in [7, 11) is 0. The molecule has 1 aliphatic heterocycles. The first kappa shape index (κ1) is 19.2. The SMILES string of the molecule is C/C=C1\NC(=O)CC1=O.C=c1cc(O)/c(=C/C)o1.II. The minimum atomic E-state index is -0.201. The highest BCUT2D eigenvalue weighted by Crippen LogP contribution is 2.04. The van der Waals surface area contributed by atoms with Crippen molar-refractivity contribution in [3.63, 3.8) is 0 Å². The zero-order valence-corrected chi connectivity index (χ0v) is 15.4. The van der Waals surface area contributed by atoms with Crippen LogP contribution in [-0.2, 0) is 9.59 Å². The van der Waals surface area contributed by atoms with Gasteiger partial charge >= 0.3 is 0 Å². The lowest BCUT2D eigenvalue weighted by molar-refractivity contribution is -0.121. The minimum Gasteiger partial charge on any atom is -0.504 e. The maximum Gasteiger partial charge on any atom is 0.232 e. The van der Waals surface area contributed by atoms with Crippen molar-refractivity contribution in [2.75, 3.05) is 0 Å². The number of rotatable bonds is 0. The van der Waals surface area contributed by atoms with Gasteiger partial charge in [0.1, 0.15) is 5.42 Å². The maximum absolute atomic E-state index is 10.7. The van der Waals surface area contributed by atoms with E-state index in [0.717, 1.165) is 0 Å². The Bertz CT molecular complexity index is 604. The lowest BCUT2D eigenvalue weighted by Gasteiger charge is -1.88. The molecule has 1 aliphatic rings. The zero-order chi connectivity index (χ0) is 15.7. The molecule has 0 bridgehead atoms. The Balaban J connectivity index is 0.000000321. The normalized spacial score (nSPS) is 16.2. The summed E-state index contributed by atoms with van der Waals surface area (Å²) >= 11 is 4.24. The first-order valence-corrected chi connectivity index (χ1v) is 11.8.